The van der Waals surface area contributed by atoms with Crippen molar-refractivity contribution in [3.05, 3.63) is 0 Å². The summed E-state index contributed by atoms with van der Waals surface area (Å²) < 4.78 is 22.8. The number of alkyl halides is 1. The molecule has 4 nitrogen and oxygen atoms in total. The molecule has 0 aromatic rings. The highest BCUT2D eigenvalue weighted by atomic mass is 79.9. The first kappa shape index (κ1) is 14.3. The van der Waals surface area contributed by atoms with Gasteiger partial charge in [0.15, 0.2) is 9.84 Å². The molecule has 2 saturated heterocycles. The van der Waals surface area contributed by atoms with E-state index in [4.69, 9.17) is 0 Å². The Hall–Kier alpha value is -0.100. The van der Waals surface area contributed by atoms with Crippen molar-refractivity contribution in [3.8, 4) is 0 Å². The molecule has 0 aliphatic carbocycles. The van der Waals surface area contributed by atoms with Gasteiger partial charge >= 0.3 is 0 Å². The van der Waals surface area contributed by atoms with Crippen molar-refractivity contribution in [1.29, 1.82) is 0 Å². The highest BCUT2D eigenvalue weighted by molar-refractivity contribution is 9.09. The number of sulfone groups is 1. The van der Waals surface area contributed by atoms with Gasteiger partial charge < -0.3 is 4.90 Å². The molecule has 0 saturated carbocycles. The maximum Gasteiger partial charge on any atom is 0.226 e. The molecule has 1 amide bonds. The summed E-state index contributed by atoms with van der Waals surface area (Å²) in [4.78, 5) is 14.2. The average Bonchev–Trinajstić information content (AvgIpc) is 2.70. The molecule has 2 heterocycles. The molecule has 2 unspecified atom stereocenters. The van der Waals surface area contributed by atoms with Crippen molar-refractivity contribution in [3.63, 3.8) is 0 Å². The molecule has 0 aromatic carbocycles. The summed E-state index contributed by atoms with van der Waals surface area (Å²) in [6.07, 6.45) is 3.83. The van der Waals surface area contributed by atoms with E-state index >= 15 is 0 Å². The second-order valence-electron chi connectivity index (χ2n) is 5.37. The number of rotatable bonds is 3. The number of piperidine rings is 1. The molecule has 18 heavy (non-hydrogen) atoms. The second kappa shape index (κ2) is 5.90. The van der Waals surface area contributed by atoms with Gasteiger partial charge in [0, 0.05) is 18.4 Å². The fourth-order valence-electron chi connectivity index (χ4n) is 2.90. The molecule has 0 radical (unpaired) electrons. The summed E-state index contributed by atoms with van der Waals surface area (Å²) in [6, 6.07) is 0. The van der Waals surface area contributed by atoms with E-state index in [-0.39, 0.29) is 23.3 Å². The second-order valence-corrected chi connectivity index (χ2v) is 8.39. The maximum absolute atomic E-state index is 12.3. The van der Waals surface area contributed by atoms with Gasteiger partial charge in [0.05, 0.1) is 17.4 Å². The van der Waals surface area contributed by atoms with Gasteiger partial charge in [0.2, 0.25) is 5.91 Å². The fourth-order valence-corrected chi connectivity index (χ4v) is 5.28. The van der Waals surface area contributed by atoms with Crippen LogP contribution in [-0.4, -0.2) is 49.2 Å². The Bertz CT molecular complexity index is 408. The third-order valence-electron chi connectivity index (χ3n) is 3.93. The van der Waals surface area contributed by atoms with Gasteiger partial charge in [-0.15, -0.1) is 0 Å². The maximum atomic E-state index is 12.3. The van der Waals surface area contributed by atoms with Crippen LogP contribution in [0.2, 0.25) is 0 Å². The smallest absolute Gasteiger partial charge is 0.226 e. The largest absolute Gasteiger partial charge is 0.342 e. The van der Waals surface area contributed by atoms with Crippen molar-refractivity contribution in [1.82, 2.24) is 4.90 Å². The third kappa shape index (κ3) is 3.47. The zero-order chi connectivity index (χ0) is 13.2. The standard InChI is InChI=1S/C12H20BrNO3S/c13-5-3-10-2-1-6-14(8-10)12(15)11-4-7-18(16,17)9-11/h10-11H,1-9H2. The highest BCUT2D eigenvalue weighted by Gasteiger charge is 2.36. The Balaban J connectivity index is 1.93. The summed E-state index contributed by atoms with van der Waals surface area (Å²) in [5.41, 5.74) is 0. The summed E-state index contributed by atoms with van der Waals surface area (Å²) in [5.74, 6) is 0.598. The van der Waals surface area contributed by atoms with E-state index in [0.717, 1.165) is 31.3 Å². The number of hydrogen-bond acceptors (Lipinski definition) is 3. The van der Waals surface area contributed by atoms with Crippen LogP contribution in [0.3, 0.4) is 0 Å². The average molecular weight is 338 g/mol. The van der Waals surface area contributed by atoms with E-state index in [2.05, 4.69) is 15.9 Å². The van der Waals surface area contributed by atoms with E-state index in [1.54, 1.807) is 0 Å². The first-order valence-corrected chi connectivity index (χ1v) is 9.51. The van der Waals surface area contributed by atoms with Crippen LogP contribution in [0.15, 0.2) is 0 Å². The first-order valence-electron chi connectivity index (χ1n) is 6.57. The van der Waals surface area contributed by atoms with Crippen LogP contribution in [0.5, 0.6) is 0 Å². The van der Waals surface area contributed by atoms with E-state index in [0.29, 0.717) is 12.3 Å². The van der Waals surface area contributed by atoms with Crippen LogP contribution >= 0.6 is 15.9 Å². The molecule has 2 aliphatic rings. The molecule has 6 heteroatoms. The van der Waals surface area contributed by atoms with Gasteiger partial charge in [0.1, 0.15) is 0 Å². The summed E-state index contributed by atoms with van der Waals surface area (Å²) >= 11 is 3.44. The number of hydrogen-bond donors (Lipinski definition) is 0. The number of likely N-dealkylation sites (tertiary alicyclic amines) is 1. The molecule has 0 spiro atoms. The quantitative estimate of drug-likeness (QED) is 0.732. The molecule has 0 N–H and O–H groups in total. The highest BCUT2D eigenvalue weighted by Crippen LogP contribution is 2.25. The zero-order valence-corrected chi connectivity index (χ0v) is 12.9. The molecule has 0 aromatic heterocycles. The van der Waals surface area contributed by atoms with Crippen LogP contribution in [-0.2, 0) is 14.6 Å². The molecule has 0 bridgehead atoms. The van der Waals surface area contributed by atoms with Crippen LogP contribution in [0.1, 0.15) is 25.7 Å². The number of halogens is 1. The van der Waals surface area contributed by atoms with Gasteiger partial charge in [0.25, 0.3) is 0 Å². The predicted molar refractivity (Wildman–Crippen MR) is 74.5 cm³/mol. The van der Waals surface area contributed by atoms with Crippen LogP contribution in [0.25, 0.3) is 0 Å². The van der Waals surface area contributed by atoms with Crippen LogP contribution in [0, 0.1) is 11.8 Å². The topological polar surface area (TPSA) is 54.5 Å². The van der Waals surface area contributed by atoms with Gasteiger partial charge in [-0.05, 0) is 31.6 Å². The van der Waals surface area contributed by atoms with Crippen LogP contribution < -0.4 is 0 Å². The van der Waals surface area contributed by atoms with Crippen molar-refractivity contribution in [2.75, 3.05) is 29.9 Å². The minimum Gasteiger partial charge on any atom is -0.342 e. The fraction of sp³-hybridized carbons (Fsp3) is 0.917. The molecule has 2 rings (SSSR count). The van der Waals surface area contributed by atoms with Gasteiger partial charge in [-0.2, -0.15) is 0 Å². The Morgan fingerprint density at radius 3 is 2.72 bits per heavy atom. The van der Waals surface area contributed by atoms with Gasteiger partial charge in [-0.1, -0.05) is 15.9 Å². The summed E-state index contributed by atoms with van der Waals surface area (Å²) in [7, 11) is -2.96. The Morgan fingerprint density at radius 1 is 1.33 bits per heavy atom. The number of carbonyl (C=O) groups is 1. The summed E-state index contributed by atoms with van der Waals surface area (Å²) in [5, 5.41) is 0.970. The van der Waals surface area contributed by atoms with E-state index < -0.39 is 9.84 Å². The molecular weight excluding hydrogens is 318 g/mol. The normalized spacial score (nSPS) is 31.5. The molecule has 2 aliphatic heterocycles. The van der Waals surface area contributed by atoms with Gasteiger partial charge in [-0.3, -0.25) is 4.79 Å². The Labute approximate surface area is 117 Å². The summed E-state index contributed by atoms with van der Waals surface area (Å²) in [6.45, 7) is 1.61. The zero-order valence-electron chi connectivity index (χ0n) is 10.5. The van der Waals surface area contributed by atoms with E-state index in [1.807, 2.05) is 4.90 Å². The van der Waals surface area contributed by atoms with Crippen molar-refractivity contribution in [2.45, 2.75) is 25.7 Å². The minimum atomic E-state index is -2.96. The van der Waals surface area contributed by atoms with E-state index in [9.17, 15) is 13.2 Å². The SMILES string of the molecule is O=C(C1CCS(=O)(=O)C1)N1CCCC(CCBr)C1. The van der Waals surface area contributed by atoms with Crippen molar-refractivity contribution in [2.24, 2.45) is 11.8 Å². The predicted octanol–water partition coefficient (Wildman–Crippen LogP) is 1.44. The third-order valence-corrected chi connectivity index (χ3v) is 6.16. The number of carbonyl (C=O) groups excluding carboxylic acids is 1. The molecule has 104 valence electrons. The van der Waals surface area contributed by atoms with Gasteiger partial charge in [-0.25, -0.2) is 8.42 Å². The lowest BCUT2D eigenvalue weighted by Gasteiger charge is -2.34. The number of amides is 1. The lowest BCUT2D eigenvalue weighted by atomic mass is 9.94. The molecule has 2 atom stereocenters. The molecule has 2 fully saturated rings. The van der Waals surface area contributed by atoms with Crippen LogP contribution in [0.4, 0.5) is 0 Å². The lowest BCUT2D eigenvalue weighted by molar-refractivity contribution is -0.136. The monoisotopic (exact) mass is 337 g/mol. The molecular formula is C12H20BrNO3S. The Morgan fingerprint density at radius 2 is 2.11 bits per heavy atom. The first-order chi connectivity index (χ1) is 8.52. The lowest BCUT2D eigenvalue weighted by Crippen LogP contribution is -2.43. The Kier molecular flexibility index (Phi) is 4.69. The number of nitrogens with zero attached hydrogens (tertiary/aromatic N) is 1. The van der Waals surface area contributed by atoms with E-state index in [1.165, 1.54) is 6.42 Å². The van der Waals surface area contributed by atoms with Crippen molar-refractivity contribution >= 4 is 31.7 Å². The van der Waals surface area contributed by atoms with Crippen molar-refractivity contribution < 1.29 is 13.2 Å². The minimum absolute atomic E-state index is 0.0610.